The molecule has 1 heterocycles. The van der Waals surface area contributed by atoms with Crippen molar-refractivity contribution >= 4 is 29.1 Å². The van der Waals surface area contributed by atoms with Crippen LogP contribution in [0.4, 0.5) is 5.69 Å². The first-order valence-corrected chi connectivity index (χ1v) is 9.84. The Morgan fingerprint density at radius 3 is 2.46 bits per heavy atom. The predicted octanol–water partition coefficient (Wildman–Crippen LogP) is 3.96. The average molecular weight is 379 g/mol. The summed E-state index contributed by atoms with van der Waals surface area (Å²) in [5.41, 5.74) is 0.674. The van der Waals surface area contributed by atoms with E-state index in [1.54, 1.807) is 12.1 Å². The van der Waals surface area contributed by atoms with Gasteiger partial charge < -0.3 is 15.0 Å². The molecule has 1 saturated carbocycles. The van der Waals surface area contributed by atoms with E-state index in [1.807, 2.05) is 11.0 Å². The summed E-state index contributed by atoms with van der Waals surface area (Å²) in [6.07, 6.45) is 3.48. The number of hydrogen-bond donors (Lipinski definition) is 1. The summed E-state index contributed by atoms with van der Waals surface area (Å²) in [4.78, 5) is 26.5. The van der Waals surface area contributed by atoms with Crippen LogP contribution in [0.15, 0.2) is 18.2 Å². The molecular formula is C20H27ClN2O3. The van der Waals surface area contributed by atoms with Gasteiger partial charge in [0.25, 0.3) is 0 Å². The third-order valence-corrected chi connectivity index (χ3v) is 5.17. The number of anilines is 1. The Morgan fingerprint density at radius 1 is 1.19 bits per heavy atom. The van der Waals surface area contributed by atoms with Crippen LogP contribution < -0.4 is 10.1 Å². The smallest absolute Gasteiger partial charge is 0.227 e. The topological polar surface area (TPSA) is 58.6 Å². The number of halogens is 1. The maximum Gasteiger partial charge on any atom is 0.227 e. The molecule has 0 radical (unpaired) electrons. The predicted molar refractivity (Wildman–Crippen MR) is 102 cm³/mol. The highest BCUT2D eigenvalue weighted by Gasteiger charge is 2.35. The summed E-state index contributed by atoms with van der Waals surface area (Å²) in [6.45, 7) is 6.11. The van der Waals surface area contributed by atoms with Gasteiger partial charge in [-0.2, -0.15) is 0 Å². The maximum absolute atomic E-state index is 12.5. The molecule has 1 aromatic carbocycles. The second-order valence-electron chi connectivity index (χ2n) is 7.71. The number of rotatable bonds is 6. The van der Waals surface area contributed by atoms with Gasteiger partial charge in [0.05, 0.1) is 11.6 Å². The number of carbonyl (C=O) groups is 2. The number of hydrogen-bond acceptors (Lipinski definition) is 3. The van der Waals surface area contributed by atoms with E-state index in [0.717, 1.165) is 12.8 Å². The Kier molecular flexibility index (Phi) is 6.07. The van der Waals surface area contributed by atoms with E-state index in [9.17, 15) is 9.59 Å². The minimum absolute atomic E-state index is 0.00423. The second-order valence-corrected chi connectivity index (χ2v) is 8.12. The van der Waals surface area contributed by atoms with Crippen molar-refractivity contribution in [1.29, 1.82) is 0 Å². The quantitative estimate of drug-likeness (QED) is 0.815. The third-order valence-electron chi connectivity index (χ3n) is 4.88. The molecule has 1 aliphatic heterocycles. The molecule has 0 atom stereocenters. The first kappa shape index (κ1) is 19.0. The summed E-state index contributed by atoms with van der Waals surface area (Å²) in [5.74, 6) is 1.50. The van der Waals surface area contributed by atoms with E-state index in [0.29, 0.717) is 54.9 Å². The van der Waals surface area contributed by atoms with Crippen LogP contribution in [0, 0.1) is 17.8 Å². The van der Waals surface area contributed by atoms with Crippen LogP contribution in [-0.4, -0.2) is 36.4 Å². The fraction of sp³-hybridized carbons (Fsp3) is 0.600. The molecule has 2 fully saturated rings. The zero-order valence-electron chi connectivity index (χ0n) is 15.5. The van der Waals surface area contributed by atoms with Crippen molar-refractivity contribution in [2.75, 3.05) is 25.0 Å². The molecule has 0 spiro atoms. The number of benzene rings is 1. The molecule has 0 bridgehead atoms. The molecule has 0 unspecified atom stereocenters. The van der Waals surface area contributed by atoms with Gasteiger partial charge in [-0.25, -0.2) is 0 Å². The van der Waals surface area contributed by atoms with Gasteiger partial charge in [0.2, 0.25) is 11.8 Å². The Morgan fingerprint density at radius 2 is 1.88 bits per heavy atom. The van der Waals surface area contributed by atoms with Gasteiger partial charge in [-0.05, 0) is 49.8 Å². The van der Waals surface area contributed by atoms with Crippen molar-refractivity contribution < 1.29 is 14.3 Å². The van der Waals surface area contributed by atoms with E-state index >= 15 is 0 Å². The molecule has 2 amide bonds. The Labute approximate surface area is 160 Å². The molecule has 1 N–H and O–H groups in total. The molecule has 5 nitrogen and oxygen atoms in total. The molecule has 1 aliphatic carbocycles. The lowest BCUT2D eigenvalue weighted by Gasteiger charge is -2.31. The number of nitrogens with one attached hydrogen (secondary N) is 1. The highest BCUT2D eigenvalue weighted by atomic mass is 35.5. The number of piperidine rings is 1. The van der Waals surface area contributed by atoms with Gasteiger partial charge in [0.15, 0.2) is 0 Å². The number of likely N-dealkylation sites (tertiary alicyclic amines) is 1. The van der Waals surface area contributed by atoms with Crippen molar-refractivity contribution in [3.63, 3.8) is 0 Å². The summed E-state index contributed by atoms with van der Waals surface area (Å²) in [7, 11) is 0. The normalized spacial score (nSPS) is 18.1. The van der Waals surface area contributed by atoms with Crippen LogP contribution >= 0.6 is 11.6 Å². The SMILES string of the molecule is CC(C)COc1ccc(NC(=O)C2CCN(C(=O)C3CC3)CC2)cc1Cl. The average Bonchev–Trinajstić information content (AvgIpc) is 3.45. The van der Waals surface area contributed by atoms with Crippen molar-refractivity contribution in [2.45, 2.75) is 39.5 Å². The lowest BCUT2D eigenvalue weighted by molar-refractivity contribution is -0.135. The summed E-state index contributed by atoms with van der Waals surface area (Å²) in [6, 6.07) is 5.32. The molecular weight excluding hydrogens is 352 g/mol. The van der Waals surface area contributed by atoms with Crippen molar-refractivity contribution in [3.8, 4) is 5.75 Å². The van der Waals surface area contributed by atoms with Crippen molar-refractivity contribution in [3.05, 3.63) is 23.2 Å². The van der Waals surface area contributed by atoms with Gasteiger partial charge >= 0.3 is 0 Å². The highest BCUT2D eigenvalue weighted by molar-refractivity contribution is 6.32. The summed E-state index contributed by atoms with van der Waals surface area (Å²) < 4.78 is 5.65. The lowest BCUT2D eigenvalue weighted by Crippen LogP contribution is -2.42. The van der Waals surface area contributed by atoms with Crippen molar-refractivity contribution in [1.82, 2.24) is 4.90 Å². The highest BCUT2D eigenvalue weighted by Crippen LogP contribution is 2.33. The van der Waals surface area contributed by atoms with Crippen LogP contribution in [0.3, 0.4) is 0 Å². The lowest BCUT2D eigenvalue weighted by atomic mass is 9.95. The molecule has 142 valence electrons. The fourth-order valence-electron chi connectivity index (χ4n) is 3.15. The largest absolute Gasteiger partial charge is 0.492 e. The molecule has 2 aliphatic rings. The minimum atomic E-state index is -0.0612. The van der Waals surface area contributed by atoms with Gasteiger partial charge in [-0.15, -0.1) is 0 Å². The zero-order valence-corrected chi connectivity index (χ0v) is 16.2. The molecule has 0 aromatic heterocycles. The van der Waals surface area contributed by atoms with Gasteiger partial charge in [0, 0.05) is 30.6 Å². The van der Waals surface area contributed by atoms with Crippen LogP contribution in [-0.2, 0) is 9.59 Å². The third kappa shape index (κ3) is 4.91. The Balaban J connectivity index is 1.50. The minimum Gasteiger partial charge on any atom is -0.492 e. The van der Waals surface area contributed by atoms with Crippen molar-refractivity contribution in [2.24, 2.45) is 17.8 Å². The number of ether oxygens (including phenoxy) is 1. The molecule has 3 rings (SSSR count). The molecule has 1 saturated heterocycles. The van der Waals surface area contributed by atoms with E-state index in [4.69, 9.17) is 16.3 Å². The standard InChI is InChI=1S/C20H27ClN2O3/c1-13(2)12-26-18-6-5-16(11-17(18)21)22-19(24)14-7-9-23(10-8-14)20(25)15-3-4-15/h5-6,11,13-15H,3-4,7-10,12H2,1-2H3,(H,22,24). The Bertz CT molecular complexity index is 665. The molecule has 1 aromatic rings. The monoisotopic (exact) mass is 378 g/mol. The van der Waals surface area contributed by atoms with Crippen LogP contribution in [0.2, 0.25) is 5.02 Å². The van der Waals surface area contributed by atoms with Gasteiger partial charge in [-0.1, -0.05) is 25.4 Å². The second kappa shape index (κ2) is 8.30. The first-order valence-electron chi connectivity index (χ1n) is 9.46. The van der Waals surface area contributed by atoms with Crippen LogP contribution in [0.1, 0.15) is 39.5 Å². The fourth-order valence-corrected chi connectivity index (χ4v) is 3.38. The number of amides is 2. The van der Waals surface area contributed by atoms with E-state index in [2.05, 4.69) is 19.2 Å². The molecule has 26 heavy (non-hydrogen) atoms. The first-order chi connectivity index (χ1) is 12.4. The zero-order chi connectivity index (χ0) is 18.7. The van der Waals surface area contributed by atoms with E-state index in [-0.39, 0.29) is 23.7 Å². The van der Waals surface area contributed by atoms with Gasteiger partial charge in [-0.3, -0.25) is 9.59 Å². The summed E-state index contributed by atoms with van der Waals surface area (Å²) >= 11 is 6.25. The maximum atomic E-state index is 12.5. The molecule has 6 heteroatoms. The number of nitrogens with zero attached hydrogens (tertiary/aromatic N) is 1. The summed E-state index contributed by atoms with van der Waals surface area (Å²) in [5, 5.41) is 3.44. The van der Waals surface area contributed by atoms with Crippen LogP contribution in [0.25, 0.3) is 0 Å². The van der Waals surface area contributed by atoms with E-state index < -0.39 is 0 Å². The number of carbonyl (C=O) groups excluding carboxylic acids is 2. The van der Waals surface area contributed by atoms with Gasteiger partial charge in [0.1, 0.15) is 5.75 Å². The van der Waals surface area contributed by atoms with Crippen LogP contribution in [0.5, 0.6) is 5.75 Å². The Hall–Kier alpha value is -1.75. The van der Waals surface area contributed by atoms with E-state index in [1.165, 1.54) is 0 Å².